The van der Waals surface area contributed by atoms with Gasteiger partial charge in [-0.15, -0.1) is 10.2 Å². The first-order valence-electron chi connectivity index (χ1n) is 8.52. The van der Waals surface area contributed by atoms with E-state index in [0.717, 1.165) is 5.69 Å². The second-order valence-corrected chi connectivity index (χ2v) is 7.51. The highest BCUT2D eigenvalue weighted by Crippen LogP contribution is 2.29. The Balaban J connectivity index is 1.73. The van der Waals surface area contributed by atoms with E-state index in [1.54, 1.807) is 18.2 Å². The Kier molecular flexibility index (Phi) is 5.41. The maximum absolute atomic E-state index is 12.4. The number of rotatable bonds is 5. The summed E-state index contributed by atoms with van der Waals surface area (Å²) in [5, 5.41) is 18.9. The molecule has 27 heavy (non-hydrogen) atoms. The highest BCUT2D eigenvalue weighted by Gasteiger charge is 2.18. The van der Waals surface area contributed by atoms with Crippen LogP contribution in [0.3, 0.4) is 0 Å². The van der Waals surface area contributed by atoms with Crippen LogP contribution in [0.5, 0.6) is 0 Å². The number of benzene rings is 2. The van der Waals surface area contributed by atoms with Crippen molar-refractivity contribution in [3.05, 3.63) is 59.4 Å². The number of carbonyl (C=O) groups excluding carboxylic acids is 1. The smallest absolute Gasteiger partial charge is 0.232 e. The molecule has 0 radical (unpaired) electrons. The van der Waals surface area contributed by atoms with Crippen molar-refractivity contribution in [1.82, 2.24) is 20.2 Å². The Morgan fingerprint density at radius 1 is 1.11 bits per heavy atom. The van der Waals surface area contributed by atoms with E-state index in [0.29, 0.717) is 22.2 Å². The average Bonchev–Trinajstić information content (AvgIpc) is 3.07. The summed E-state index contributed by atoms with van der Waals surface area (Å²) in [6, 6.07) is 14.9. The molecule has 0 unspecified atom stereocenters. The first-order chi connectivity index (χ1) is 12.8. The van der Waals surface area contributed by atoms with E-state index in [2.05, 4.69) is 26.0 Å². The van der Waals surface area contributed by atoms with Gasteiger partial charge in [0.05, 0.1) is 23.3 Å². The number of anilines is 3. The van der Waals surface area contributed by atoms with Gasteiger partial charge in [-0.1, -0.05) is 29.8 Å². The summed E-state index contributed by atoms with van der Waals surface area (Å²) >= 11 is 6.11. The summed E-state index contributed by atoms with van der Waals surface area (Å²) in [5.41, 5.74) is 1.93. The maximum Gasteiger partial charge on any atom is 0.232 e. The fourth-order valence-corrected chi connectivity index (χ4v) is 2.51. The monoisotopic (exact) mass is 384 g/mol. The number of tetrazole rings is 1. The maximum atomic E-state index is 12.4. The van der Waals surface area contributed by atoms with E-state index in [1.165, 1.54) is 4.80 Å². The number of nitrogens with zero attached hydrogens (tertiary/aromatic N) is 4. The minimum Gasteiger partial charge on any atom is -0.354 e. The van der Waals surface area contributed by atoms with Crippen molar-refractivity contribution in [1.29, 1.82) is 0 Å². The molecule has 1 amide bonds. The molecular formula is C19H21ClN6O. The standard InChI is InChI=1S/C19H21ClN6O/c1-19(2,3)26-24-17(23-25-26)12-18(27)22-15-10-9-13(20)11-16(15)21-14-7-5-4-6-8-14/h4-11,21H,12H2,1-3H3,(H,22,27). The summed E-state index contributed by atoms with van der Waals surface area (Å²) in [7, 11) is 0. The van der Waals surface area contributed by atoms with Crippen molar-refractivity contribution in [3.63, 3.8) is 0 Å². The van der Waals surface area contributed by atoms with Crippen molar-refractivity contribution in [3.8, 4) is 0 Å². The first kappa shape index (κ1) is 18.8. The number of nitrogens with one attached hydrogen (secondary N) is 2. The second-order valence-electron chi connectivity index (χ2n) is 7.07. The van der Waals surface area contributed by atoms with Gasteiger partial charge in [0.1, 0.15) is 0 Å². The predicted octanol–water partition coefficient (Wildman–Crippen LogP) is 4.01. The minimum atomic E-state index is -0.287. The number of hydrogen-bond acceptors (Lipinski definition) is 5. The average molecular weight is 385 g/mol. The summed E-state index contributed by atoms with van der Waals surface area (Å²) in [4.78, 5) is 13.9. The molecular weight excluding hydrogens is 364 g/mol. The minimum absolute atomic E-state index is 0.0312. The largest absolute Gasteiger partial charge is 0.354 e. The molecule has 1 heterocycles. The zero-order valence-electron chi connectivity index (χ0n) is 15.4. The fourth-order valence-electron chi connectivity index (χ4n) is 2.34. The normalized spacial score (nSPS) is 11.3. The quantitative estimate of drug-likeness (QED) is 0.694. The molecule has 0 saturated carbocycles. The van der Waals surface area contributed by atoms with E-state index in [4.69, 9.17) is 11.6 Å². The molecule has 3 aromatic rings. The van der Waals surface area contributed by atoms with Gasteiger partial charge in [-0.3, -0.25) is 4.79 Å². The molecule has 8 heteroatoms. The third-order valence-corrected chi connectivity index (χ3v) is 3.92. The molecule has 3 rings (SSSR count). The number of aromatic nitrogens is 4. The molecule has 7 nitrogen and oxygen atoms in total. The van der Waals surface area contributed by atoms with E-state index >= 15 is 0 Å². The Bertz CT molecular complexity index is 933. The van der Waals surface area contributed by atoms with Crippen LogP contribution in [-0.4, -0.2) is 26.1 Å². The SMILES string of the molecule is CC(C)(C)n1nnc(CC(=O)Nc2ccc(Cl)cc2Nc2ccccc2)n1. The van der Waals surface area contributed by atoms with Crippen LogP contribution >= 0.6 is 11.6 Å². The predicted molar refractivity (Wildman–Crippen MR) is 106 cm³/mol. The molecule has 140 valence electrons. The molecule has 0 saturated heterocycles. The highest BCUT2D eigenvalue weighted by atomic mass is 35.5. The molecule has 2 aromatic carbocycles. The van der Waals surface area contributed by atoms with Gasteiger partial charge in [-0.05, 0) is 56.3 Å². The molecule has 0 aliphatic heterocycles. The Labute approximate surface area is 162 Å². The summed E-state index contributed by atoms with van der Waals surface area (Å²) in [5.74, 6) is 0.135. The van der Waals surface area contributed by atoms with Gasteiger partial charge >= 0.3 is 0 Å². The van der Waals surface area contributed by atoms with Crippen LogP contribution < -0.4 is 10.6 Å². The highest BCUT2D eigenvalue weighted by molar-refractivity contribution is 6.31. The summed E-state index contributed by atoms with van der Waals surface area (Å²) in [6.07, 6.45) is 0.0312. The Morgan fingerprint density at radius 2 is 1.85 bits per heavy atom. The second kappa shape index (κ2) is 7.75. The van der Waals surface area contributed by atoms with Crippen LogP contribution in [0.2, 0.25) is 5.02 Å². The van der Waals surface area contributed by atoms with Crippen LogP contribution in [0, 0.1) is 0 Å². The van der Waals surface area contributed by atoms with Gasteiger partial charge in [0.15, 0.2) is 5.82 Å². The van der Waals surface area contributed by atoms with Gasteiger partial charge in [0.25, 0.3) is 0 Å². The molecule has 0 atom stereocenters. The number of amides is 1. The lowest BCUT2D eigenvalue weighted by molar-refractivity contribution is -0.115. The van der Waals surface area contributed by atoms with E-state index in [9.17, 15) is 4.79 Å². The van der Waals surface area contributed by atoms with E-state index in [-0.39, 0.29) is 17.9 Å². The first-order valence-corrected chi connectivity index (χ1v) is 8.90. The molecule has 0 spiro atoms. The molecule has 0 fully saturated rings. The zero-order chi connectivity index (χ0) is 19.4. The van der Waals surface area contributed by atoms with Crippen LogP contribution in [0.15, 0.2) is 48.5 Å². The van der Waals surface area contributed by atoms with Gasteiger partial charge in [-0.2, -0.15) is 4.80 Å². The summed E-state index contributed by atoms with van der Waals surface area (Å²) < 4.78 is 0. The molecule has 0 aliphatic carbocycles. The van der Waals surface area contributed by atoms with E-state index in [1.807, 2.05) is 51.1 Å². The van der Waals surface area contributed by atoms with Crippen molar-refractivity contribution in [2.24, 2.45) is 0 Å². The Hall–Kier alpha value is -2.93. The van der Waals surface area contributed by atoms with Gasteiger partial charge in [0.2, 0.25) is 5.91 Å². The van der Waals surface area contributed by atoms with Gasteiger partial charge < -0.3 is 10.6 Å². The molecule has 2 N–H and O–H groups in total. The molecule has 1 aromatic heterocycles. The lowest BCUT2D eigenvalue weighted by atomic mass is 10.1. The zero-order valence-corrected chi connectivity index (χ0v) is 16.2. The van der Waals surface area contributed by atoms with Crippen molar-refractivity contribution >= 4 is 34.6 Å². The third-order valence-electron chi connectivity index (χ3n) is 3.68. The van der Waals surface area contributed by atoms with Gasteiger partial charge in [0, 0.05) is 10.7 Å². The third kappa shape index (κ3) is 5.04. The van der Waals surface area contributed by atoms with Crippen LogP contribution in [0.25, 0.3) is 0 Å². The van der Waals surface area contributed by atoms with Gasteiger partial charge in [-0.25, -0.2) is 0 Å². The number of halogens is 1. The fraction of sp³-hybridized carbons (Fsp3) is 0.263. The lowest BCUT2D eigenvalue weighted by Crippen LogP contribution is -2.25. The number of hydrogen-bond donors (Lipinski definition) is 2. The lowest BCUT2D eigenvalue weighted by Gasteiger charge is -2.15. The topological polar surface area (TPSA) is 84.7 Å². The number of para-hydroxylation sites is 1. The number of carbonyl (C=O) groups is 1. The van der Waals surface area contributed by atoms with Crippen LogP contribution in [-0.2, 0) is 16.8 Å². The van der Waals surface area contributed by atoms with Crippen molar-refractivity contribution in [2.75, 3.05) is 10.6 Å². The molecule has 0 aliphatic rings. The van der Waals surface area contributed by atoms with Crippen LogP contribution in [0.1, 0.15) is 26.6 Å². The molecule has 0 bridgehead atoms. The van der Waals surface area contributed by atoms with Crippen molar-refractivity contribution in [2.45, 2.75) is 32.7 Å². The van der Waals surface area contributed by atoms with Crippen molar-refractivity contribution < 1.29 is 4.79 Å². The summed E-state index contributed by atoms with van der Waals surface area (Å²) in [6.45, 7) is 5.90. The Morgan fingerprint density at radius 3 is 2.52 bits per heavy atom. The van der Waals surface area contributed by atoms with Crippen LogP contribution in [0.4, 0.5) is 17.1 Å². The van der Waals surface area contributed by atoms with E-state index < -0.39 is 0 Å².